The van der Waals surface area contributed by atoms with Crippen LogP contribution in [0.2, 0.25) is 0 Å². The number of fused-ring (bicyclic) bond motifs is 1. The van der Waals surface area contributed by atoms with Gasteiger partial charge in [0.25, 0.3) is 0 Å². The lowest BCUT2D eigenvalue weighted by molar-refractivity contribution is -0.143. The summed E-state index contributed by atoms with van der Waals surface area (Å²) in [7, 11) is 2.87. The molecule has 198 valence electrons. The number of hydrogen-bond acceptors (Lipinski definition) is 7. The first-order valence-electron chi connectivity index (χ1n) is 12.4. The monoisotopic (exact) mass is 508 g/mol. The van der Waals surface area contributed by atoms with E-state index < -0.39 is 17.4 Å². The van der Waals surface area contributed by atoms with E-state index in [-0.39, 0.29) is 23.0 Å². The highest BCUT2D eigenvalue weighted by molar-refractivity contribution is 6.03. The molecule has 0 fully saturated rings. The molecule has 0 amide bonds. The average molecular weight is 509 g/mol. The number of ether oxygens (including phenoxy) is 5. The molecule has 0 aliphatic rings. The molecule has 0 radical (unpaired) electrons. The second-order valence-corrected chi connectivity index (χ2v) is 10.2. The second kappa shape index (κ2) is 11.5. The number of carbonyl (C=O) groups is 2. The highest BCUT2D eigenvalue weighted by Crippen LogP contribution is 2.52. The van der Waals surface area contributed by atoms with Crippen molar-refractivity contribution in [3.8, 4) is 28.7 Å². The lowest BCUT2D eigenvalue weighted by Crippen LogP contribution is -2.26. The van der Waals surface area contributed by atoms with Crippen LogP contribution in [0.3, 0.4) is 0 Å². The fourth-order valence-electron chi connectivity index (χ4n) is 3.56. The highest BCUT2D eigenvalue weighted by Gasteiger charge is 2.31. The molecule has 7 nitrogen and oxygen atoms in total. The van der Waals surface area contributed by atoms with Crippen LogP contribution in [-0.4, -0.2) is 32.8 Å². The van der Waals surface area contributed by atoms with E-state index in [0.717, 1.165) is 12.0 Å². The summed E-state index contributed by atoms with van der Waals surface area (Å²) in [6.07, 6.45) is 0.862. The van der Waals surface area contributed by atoms with Crippen LogP contribution in [0.4, 0.5) is 0 Å². The summed E-state index contributed by atoms with van der Waals surface area (Å²) in [5.41, 5.74) is 0.734. The molecule has 3 aromatic rings. The number of aryl methyl sites for hydroxylation is 1. The van der Waals surface area contributed by atoms with Gasteiger partial charge >= 0.3 is 11.9 Å². The lowest BCUT2D eigenvalue weighted by atomic mass is 9.97. The molecule has 0 aliphatic heterocycles. The Morgan fingerprint density at radius 1 is 0.811 bits per heavy atom. The topological polar surface area (TPSA) is 80.3 Å². The lowest BCUT2D eigenvalue weighted by Gasteiger charge is -2.22. The molecule has 3 aromatic carbocycles. The van der Waals surface area contributed by atoms with Gasteiger partial charge in [0.1, 0.15) is 5.75 Å². The number of carbonyl (C=O) groups excluding carboxylic acids is 2. The first-order valence-corrected chi connectivity index (χ1v) is 12.4. The normalized spacial score (nSPS) is 11.4. The number of esters is 2. The third-order valence-electron chi connectivity index (χ3n) is 5.69. The minimum Gasteiger partial charge on any atom is -0.493 e. The van der Waals surface area contributed by atoms with Gasteiger partial charge in [-0.2, -0.15) is 0 Å². The van der Waals surface area contributed by atoms with Crippen molar-refractivity contribution < 1.29 is 33.3 Å². The smallest absolute Gasteiger partial charge is 0.343 e. The summed E-state index contributed by atoms with van der Waals surface area (Å²) in [6.45, 7) is 11.9. The van der Waals surface area contributed by atoms with Crippen LogP contribution in [0, 0.1) is 11.3 Å². The quantitative estimate of drug-likeness (QED) is 0.237. The van der Waals surface area contributed by atoms with Crippen molar-refractivity contribution in [1.29, 1.82) is 0 Å². The summed E-state index contributed by atoms with van der Waals surface area (Å²) in [5, 5.41) is 0.991. The summed E-state index contributed by atoms with van der Waals surface area (Å²) >= 11 is 0. The van der Waals surface area contributed by atoms with E-state index in [1.807, 2.05) is 19.1 Å². The van der Waals surface area contributed by atoms with Gasteiger partial charge < -0.3 is 23.7 Å². The van der Waals surface area contributed by atoms with Crippen molar-refractivity contribution in [2.45, 2.75) is 48.0 Å². The Kier molecular flexibility index (Phi) is 8.69. The van der Waals surface area contributed by atoms with E-state index in [1.54, 1.807) is 51.1 Å². The van der Waals surface area contributed by atoms with Crippen molar-refractivity contribution in [3.63, 3.8) is 0 Å². The number of hydrogen-bond donors (Lipinski definition) is 0. The minimum absolute atomic E-state index is 0.137. The van der Waals surface area contributed by atoms with Crippen LogP contribution in [-0.2, 0) is 11.2 Å². The Labute approximate surface area is 218 Å². The fourth-order valence-corrected chi connectivity index (χ4v) is 3.56. The van der Waals surface area contributed by atoms with Gasteiger partial charge in [-0.25, -0.2) is 4.79 Å². The Balaban J connectivity index is 2.21. The van der Waals surface area contributed by atoms with E-state index in [1.165, 1.54) is 14.2 Å². The van der Waals surface area contributed by atoms with Crippen molar-refractivity contribution in [2.75, 3.05) is 20.8 Å². The molecule has 0 spiro atoms. The molecular formula is C30H36O7. The second-order valence-electron chi connectivity index (χ2n) is 10.2. The third-order valence-corrected chi connectivity index (χ3v) is 5.69. The summed E-state index contributed by atoms with van der Waals surface area (Å²) in [5.74, 6) is 0.483. The summed E-state index contributed by atoms with van der Waals surface area (Å²) < 4.78 is 29.0. The van der Waals surface area contributed by atoms with Crippen molar-refractivity contribution >= 4 is 22.7 Å². The van der Waals surface area contributed by atoms with Gasteiger partial charge in [0.2, 0.25) is 11.5 Å². The largest absolute Gasteiger partial charge is 0.493 e. The molecule has 0 heterocycles. The van der Waals surface area contributed by atoms with E-state index in [4.69, 9.17) is 23.7 Å². The molecule has 0 aromatic heterocycles. The van der Waals surface area contributed by atoms with Crippen LogP contribution in [0.5, 0.6) is 28.7 Å². The van der Waals surface area contributed by atoms with E-state index in [2.05, 4.69) is 13.8 Å². The molecule has 0 N–H and O–H groups in total. The first-order chi connectivity index (χ1) is 17.5. The fraction of sp³-hybridized carbons (Fsp3) is 0.400. The zero-order valence-electron chi connectivity index (χ0n) is 22.9. The van der Waals surface area contributed by atoms with Crippen LogP contribution in [0.15, 0.2) is 42.5 Å². The van der Waals surface area contributed by atoms with Gasteiger partial charge in [-0.15, -0.1) is 0 Å². The van der Waals surface area contributed by atoms with Gasteiger partial charge in [-0.1, -0.05) is 32.9 Å². The third kappa shape index (κ3) is 6.34. The molecule has 0 saturated heterocycles. The Morgan fingerprint density at radius 2 is 1.41 bits per heavy atom. The predicted octanol–water partition coefficient (Wildman–Crippen LogP) is 6.62. The minimum atomic E-state index is -0.772. The molecule has 0 atom stereocenters. The average Bonchev–Trinajstić information content (AvgIpc) is 2.87. The number of benzene rings is 3. The van der Waals surface area contributed by atoms with Crippen molar-refractivity contribution in [2.24, 2.45) is 11.3 Å². The zero-order valence-corrected chi connectivity index (χ0v) is 22.9. The van der Waals surface area contributed by atoms with Gasteiger partial charge in [0.15, 0.2) is 11.5 Å². The van der Waals surface area contributed by atoms with Crippen molar-refractivity contribution in [3.05, 3.63) is 53.6 Å². The van der Waals surface area contributed by atoms with Crippen LogP contribution in [0.1, 0.15) is 57.5 Å². The van der Waals surface area contributed by atoms with E-state index in [0.29, 0.717) is 34.6 Å². The Hall–Kier alpha value is -3.74. The van der Waals surface area contributed by atoms with Gasteiger partial charge in [-0.3, -0.25) is 4.79 Å². The highest BCUT2D eigenvalue weighted by atomic mass is 16.6. The molecule has 0 unspecified atom stereocenters. The molecule has 0 saturated carbocycles. The maximum absolute atomic E-state index is 13.1. The Bertz CT molecular complexity index is 1270. The van der Waals surface area contributed by atoms with Crippen LogP contribution in [0.25, 0.3) is 10.8 Å². The van der Waals surface area contributed by atoms with Gasteiger partial charge in [-0.05, 0) is 69.0 Å². The van der Waals surface area contributed by atoms with Crippen LogP contribution < -0.4 is 23.7 Å². The van der Waals surface area contributed by atoms with E-state index >= 15 is 0 Å². The van der Waals surface area contributed by atoms with Gasteiger partial charge in [0, 0.05) is 10.8 Å². The Morgan fingerprint density at radius 3 is 1.92 bits per heavy atom. The van der Waals surface area contributed by atoms with E-state index in [9.17, 15) is 9.59 Å². The maximum Gasteiger partial charge on any atom is 0.343 e. The summed E-state index contributed by atoms with van der Waals surface area (Å²) in [6, 6.07) is 12.5. The van der Waals surface area contributed by atoms with Crippen LogP contribution >= 0.6 is 0 Å². The molecule has 3 rings (SSSR count). The molecule has 0 bridgehead atoms. The predicted molar refractivity (Wildman–Crippen MR) is 143 cm³/mol. The molecular weight excluding hydrogens is 472 g/mol. The molecule has 7 heteroatoms. The first kappa shape index (κ1) is 27.8. The SMILES string of the molecule is CCc1ccc(C(=O)Oc2c(OC)c(OC)c(OC(=O)C(C)(C)C)c3cc(OCC(C)C)ccc23)cc1. The number of rotatable bonds is 9. The molecule has 37 heavy (non-hydrogen) atoms. The molecule has 0 aliphatic carbocycles. The standard InChI is InChI=1S/C30H36O7/c1-9-19-10-12-20(13-11-19)28(31)36-24-22-15-14-21(35-17-18(2)3)16-23(22)25(27(34-8)26(24)33-7)37-29(32)30(4,5)6/h10-16,18H,9,17H2,1-8H3. The van der Waals surface area contributed by atoms with Gasteiger partial charge in [0.05, 0.1) is 31.8 Å². The van der Waals surface area contributed by atoms with Crippen molar-refractivity contribution in [1.82, 2.24) is 0 Å². The number of methoxy groups -OCH3 is 2. The zero-order chi connectivity index (χ0) is 27.3. The maximum atomic E-state index is 13.1. The summed E-state index contributed by atoms with van der Waals surface area (Å²) in [4.78, 5) is 26.0.